The SMILES string of the molecule is CS/C(=N\S(=O)c1ccc(Cl)cc1)N1CC(c2ccccc2)C(c2ccc(NS(C)(=O)=O)cc2)=N1. The van der Waals surface area contributed by atoms with Gasteiger partial charge in [-0.3, -0.25) is 4.72 Å². The molecule has 3 aromatic carbocycles. The molecule has 1 aliphatic heterocycles. The summed E-state index contributed by atoms with van der Waals surface area (Å²) in [5, 5.41) is 7.73. The molecule has 0 radical (unpaired) electrons. The molecular formula is C24H23ClN4O3S3. The van der Waals surface area contributed by atoms with E-state index in [0.717, 1.165) is 23.1 Å². The lowest BCUT2D eigenvalue weighted by Crippen LogP contribution is -2.24. The molecule has 2 atom stereocenters. The molecule has 1 aliphatic rings. The summed E-state index contributed by atoms with van der Waals surface area (Å²) >= 11 is 7.31. The summed E-state index contributed by atoms with van der Waals surface area (Å²) in [6.07, 6.45) is 2.98. The molecule has 3 aromatic rings. The van der Waals surface area contributed by atoms with Gasteiger partial charge in [-0.2, -0.15) is 9.50 Å². The Hall–Kier alpha value is -2.66. The molecule has 0 aliphatic carbocycles. The van der Waals surface area contributed by atoms with Crippen molar-refractivity contribution in [3.8, 4) is 0 Å². The van der Waals surface area contributed by atoms with E-state index in [1.807, 2.05) is 48.7 Å². The molecule has 11 heteroatoms. The van der Waals surface area contributed by atoms with Crippen LogP contribution in [0.25, 0.3) is 0 Å². The van der Waals surface area contributed by atoms with Crippen molar-refractivity contribution in [2.45, 2.75) is 10.8 Å². The van der Waals surface area contributed by atoms with Crippen molar-refractivity contribution in [1.82, 2.24) is 5.01 Å². The Morgan fingerprint density at radius 3 is 2.34 bits per heavy atom. The number of thioether (sulfide) groups is 1. The number of hydrogen-bond acceptors (Lipinski definition) is 5. The van der Waals surface area contributed by atoms with Crippen LogP contribution in [0, 0.1) is 0 Å². The van der Waals surface area contributed by atoms with E-state index < -0.39 is 21.0 Å². The summed E-state index contributed by atoms with van der Waals surface area (Å²) in [5.74, 6) is -0.0498. The average molecular weight is 547 g/mol. The third-order valence-corrected chi connectivity index (χ3v) is 7.83. The topological polar surface area (TPSA) is 91.2 Å². The largest absolute Gasteiger partial charge is 0.284 e. The van der Waals surface area contributed by atoms with Crippen LogP contribution in [0.2, 0.25) is 5.02 Å². The van der Waals surface area contributed by atoms with E-state index in [1.54, 1.807) is 41.4 Å². The summed E-state index contributed by atoms with van der Waals surface area (Å²) < 4.78 is 42.9. The Bertz CT molecular complexity index is 1380. The van der Waals surface area contributed by atoms with Crippen molar-refractivity contribution >= 4 is 60.9 Å². The van der Waals surface area contributed by atoms with Crippen LogP contribution in [0.5, 0.6) is 0 Å². The van der Waals surface area contributed by atoms with E-state index in [1.165, 1.54) is 11.8 Å². The number of nitrogens with one attached hydrogen (secondary N) is 1. The van der Waals surface area contributed by atoms with Gasteiger partial charge in [-0.05, 0) is 53.8 Å². The van der Waals surface area contributed by atoms with Gasteiger partial charge in [0, 0.05) is 16.6 Å². The smallest absolute Gasteiger partial charge is 0.229 e. The molecule has 35 heavy (non-hydrogen) atoms. The van der Waals surface area contributed by atoms with Crippen LogP contribution >= 0.6 is 23.4 Å². The molecule has 0 bridgehead atoms. The van der Waals surface area contributed by atoms with Gasteiger partial charge in [0.15, 0.2) is 16.2 Å². The lowest BCUT2D eigenvalue weighted by atomic mass is 9.90. The Labute approximate surface area is 216 Å². The van der Waals surface area contributed by atoms with Gasteiger partial charge in [0.25, 0.3) is 0 Å². The Kier molecular flexibility index (Phi) is 7.95. The zero-order valence-corrected chi connectivity index (χ0v) is 22.2. The zero-order chi connectivity index (χ0) is 25.0. The van der Waals surface area contributed by atoms with Crippen molar-refractivity contribution < 1.29 is 12.6 Å². The summed E-state index contributed by atoms with van der Waals surface area (Å²) in [4.78, 5) is 0.554. The number of hydrazone groups is 1. The molecule has 0 saturated carbocycles. The van der Waals surface area contributed by atoms with Gasteiger partial charge < -0.3 is 0 Å². The highest BCUT2D eigenvalue weighted by Gasteiger charge is 2.31. The molecule has 0 spiro atoms. The molecule has 0 aromatic heterocycles. The summed E-state index contributed by atoms with van der Waals surface area (Å²) in [7, 11) is -4.98. The lowest BCUT2D eigenvalue weighted by Gasteiger charge is -2.17. The van der Waals surface area contributed by atoms with E-state index in [0.29, 0.717) is 27.3 Å². The predicted molar refractivity (Wildman–Crippen MR) is 146 cm³/mol. The highest BCUT2D eigenvalue weighted by molar-refractivity contribution is 8.13. The monoisotopic (exact) mass is 546 g/mol. The Morgan fingerprint density at radius 1 is 1.09 bits per heavy atom. The van der Waals surface area contributed by atoms with Gasteiger partial charge in [0.2, 0.25) is 10.0 Å². The molecule has 0 fully saturated rings. The number of hydrogen-bond donors (Lipinski definition) is 1. The number of sulfonamides is 1. The number of nitrogens with zero attached hydrogens (tertiary/aromatic N) is 3. The van der Waals surface area contributed by atoms with Crippen molar-refractivity contribution in [3.05, 3.63) is 95.0 Å². The summed E-state index contributed by atoms with van der Waals surface area (Å²) in [5.41, 5.74) is 3.25. The number of halogens is 1. The van der Waals surface area contributed by atoms with Gasteiger partial charge in [-0.1, -0.05) is 65.8 Å². The van der Waals surface area contributed by atoms with Crippen molar-refractivity contribution in [2.24, 2.45) is 9.50 Å². The third-order valence-electron chi connectivity index (χ3n) is 5.18. The van der Waals surface area contributed by atoms with Gasteiger partial charge in [0.05, 0.1) is 23.4 Å². The molecule has 0 saturated heterocycles. The van der Waals surface area contributed by atoms with Crippen molar-refractivity contribution in [3.63, 3.8) is 0 Å². The first-order valence-electron chi connectivity index (χ1n) is 10.5. The fourth-order valence-electron chi connectivity index (χ4n) is 3.62. The minimum Gasteiger partial charge on any atom is -0.284 e. The van der Waals surface area contributed by atoms with Crippen LogP contribution in [0.1, 0.15) is 17.0 Å². The number of rotatable bonds is 6. The van der Waals surface area contributed by atoms with Gasteiger partial charge in [-0.25, -0.2) is 17.6 Å². The van der Waals surface area contributed by atoms with E-state index in [9.17, 15) is 12.6 Å². The third kappa shape index (κ3) is 6.52. The molecule has 4 rings (SSSR count). The highest BCUT2D eigenvalue weighted by Crippen LogP contribution is 2.31. The standard InChI is InChI=1S/C24H23ClN4O3S3/c1-33-24(27-34(30)21-14-10-19(25)11-15-21)29-16-22(17-6-4-3-5-7-17)23(26-29)18-8-12-20(13-9-18)28-35(2,31)32/h3-15,22,28H,16H2,1-2H3/b27-24-. The van der Waals surface area contributed by atoms with E-state index in [2.05, 4.69) is 9.12 Å². The molecule has 0 amide bonds. The Morgan fingerprint density at radius 2 is 1.74 bits per heavy atom. The van der Waals surface area contributed by atoms with Crippen LogP contribution in [-0.4, -0.2) is 47.6 Å². The number of benzene rings is 3. The second kappa shape index (κ2) is 10.9. The fourth-order valence-corrected chi connectivity index (χ4v) is 5.84. The molecule has 7 nitrogen and oxygen atoms in total. The van der Waals surface area contributed by atoms with Crippen molar-refractivity contribution in [1.29, 1.82) is 0 Å². The maximum Gasteiger partial charge on any atom is 0.229 e. The summed E-state index contributed by atoms with van der Waals surface area (Å²) in [6, 6.07) is 23.9. The van der Waals surface area contributed by atoms with Crippen molar-refractivity contribution in [2.75, 3.05) is 23.8 Å². The second-order valence-electron chi connectivity index (χ2n) is 7.76. The second-order valence-corrected chi connectivity index (χ2v) is 11.9. The molecule has 182 valence electrons. The molecule has 1 N–H and O–H groups in total. The quantitative estimate of drug-likeness (QED) is 0.348. The average Bonchev–Trinajstić information content (AvgIpc) is 3.28. The highest BCUT2D eigenvalue weighted by atomic mass is 35.5. The van der Waals surface area contributed by atoms with E-state index in [-0.39, 0.29) is 5.92 Å². The van der Waals surface area contributed by atoms with E-state index in [4.69, 9.17) is 16.7 Å². The predicted octanol–water partition coefficient (Wildman–Crippen LogP) is 4.96. The first-order chi connectivity index (χ1) is 16.7. The van der Waals surface area contributed by atoms with Gasteiger partial charge >= 0.3 is 0 Å². The first kappa shape index (κ1) is 25.4. The van der Waals surface area contributed by atoms with Crippen LogP contribution in [0.4, 0.5) is 5.69 Å². The van der Waals surface area contributed by atoms with Crippen LogP contribution < -0.4 is 4.72 Å². The number of amidine groups is 1. The first-order valence-corrected chi connectivity index (χ1v) is 15.1. The van der Waals surface area contributed by atoms with Gasteiger partial charge in [0.1, 0.15) is 0 Å². The maximum absolute atomic E-state index is 12.9. The normalized spacial score (nSPS) is 17.2. The molecular weight excluding hydrogens is 524 g/mol. The van der Waals surface area contributed by atoms with E-state index >= 15 is 0 Å². The van der Waals surface area contributed by atoms with Crippen LogP contribution in [0.3, 0.4) is 0 Å². The molecule has 2 unspecified atom stereocenters. The zero-order valence-electron chi connectivity index (χ0n) is 19.0. The fraction of sp³-hybridized carbons (Fsp3) is 0.167. The maximum atomic E-state index is 12.9. The minimum absolute atomic E-state index is 0.0498. The lowest BCUT2D eigenvalue weighted by molar-refractivity contribution is 0.485. The minimum atomic E-state index is -3.37. The van der Waals surface area contributed by atoms with Gasteiger partial charge in [-0.15, -0.1) is 0 Å². The number of anilines is 1. The van der Waals surface area contributed by atoms with Crippen LogP contribution in [0.15, 0.2) is 93.3 Å². The van der Waals surface area contributed by atoms with Crippen LogP contribution in [-0.2, 0) is 21.0 Å². The molecule has 1 heterocycles. The summed E-state index contributed by atoms with van der Waals surface area (Å²) in [6.45, 7) is 0.528. The Balaban J connectivity index is 1.67.